The quantitative estimate of drug-likeness (QED) is 0.831. The lowest BCUT2D eigenvalue weighted by atomic mass is 10.4. The normalized spacial score (nSPS) is 10.4. The Kier molecular flexibility index (Phi) is 3.46. The molecule has 0 saturated heterocycles. The van der Waals surface area contributed by atoms with E-state index < -0.39 is 5.95 Å². The van der Waals surface area contributed by atoms with E-state index in [0.29, 0.717) is 6.54 Å². The van der Waals surface area contributed by atoms with Crippen molar-refractivity contribution in [2.75, 3.05) is 5.32 Å². The SMILES string of the molecule is CCc1nc(CNc2ccc(F)nc2)cs1. The van der Waals surface area contributed by atoms with Crippen molar-refractivity contribution in [3.8, 4) is 0 Å². The van der Waals surface area contributed by atoms with E-state index in [9.17, 15) is 4.39 Å². The number of rotatable bonds is 4. The van der Waals surface area contributed by atoms with Gasteiger partial charge < -0.3 is 5.32 Å². The largest absolute Gasteiger partial charge is 0.378 e. The van der Waals surface area contributed by atoms with Gasteiger partial charge >= 0.3 is 0 Å². The topological polar surface area (TPSA) is 37.8 Å². The Morgan fingerprint density at radius 1 is 1.44 bits per heavy atom. The molecule has 2 aromatic rings. The van der Waals surface area contributed by atoms with Gasteiger partial charge in [0, 0.05) is 5.38 Å². The number of hydrogen-bond acceptors (Lipinski definition) is 4. The lowest BCUT2D eigenvalue weighted by molar-refractivity contribution is 0.584. The first-order valence-corrected chi connectivity index (χ1v) is 5.94. The highest BCUT2D eigenvalue weighted by molar-refractivity contribution is 7.09. The van der Waals surface area contributed by atoms with Crippen LogP contribution in [-0.4, -0.2) is 9.97 Å². The molecule has 84 valence electrons. The van der Waals surface area contributed by atoms with Gasteiger partial charge in [-0.25, -0.2) is 9.97 Å². The molecule has 0 atom stereocenters. The first-order valence-electron chi connectivity index (χ1n) is 5.06. The third-order valence-electron chi connectivity index (χ3n) is 2.10. The van der Waals surface area contributed by atoms with Gasteiger partial charge in [0.25, 0.3) is 0 Å². The van der Waals surface area contributed by atoms with Crippen molar-refractivity contribution in [3.63, 3.8) is 0 Å². The maximum atomic E-state index is 12.5. The van der Waals surface area contributed by atoms with Crippen molar-refractivity contribution in [1.82, 2.24) is 9.97 Å². The summed E-state index contributed by atoms with van der Waals surface area (Å²) >= 11 is 1.66. The summed E-state index contributed by atoms with van der Waals surface area (Å²) in [5.74, 6) is -0.465. The van der Waals surface area contributed by atoms with E-state index in [4.69, 9.17) is 0 Å². The monoisotopic (exact) mass is 237 g/mol. The number of pyridine rings is 1. The van der Waals surface area contributed by atoms with Gasteiger partial charge in [-0.15, -0.1) is 11.3 Å². The molecule has 0 fully saturated rings. The highest BCUT2D eigenvalue weighted by Crippen LogP contribution is 2.12. The molecule has 1 N–H and O–H groups in total. The van der Waals surface area contributed by atoms with Gasteiger partial charge in [0.05, 0.1) is 29.1 Å². The van der Waals surface area contributed by atoms with Crippen molar-refractivity contribution < 1.29 is 4.39 Å². The molecular weight excluding hydrogens is 225 g/mol. The molecule has 2 heterocycles. The van der Waals surface area contributed by atoms with E-state index >= 15 is 0 Å². The smallest absolute Gasteiger partial charge is 0.212 e. The van der Waals surface area contributed by atoms with Crippen LogP contribution in [-0.2, 0) is 13.0 Å². The second-order valence-electron chi connectivity index (χ2n) is 3.31. The van der Waals surface area contributed by atoms with Crippen LogP contribution in [0, 0.1) is 5.95 Å². The number of aromatic nitrogens is 2. The van der Waals surface area contributed by atoms with E-state index in [1.165, 1.54) is 12.3 Å². The molecule has 0 aliphatic carbocycles. The molecule has 16 heavy (non-hydrogen) atoms. The molecule has 0 spiro atoms. The minimum Gasteiger partial charge on any atom is -0.378 e. The van der Waals surface area contributed by atoms with Crippen molar-refractivity contribution in [1.29, 1.82) is 0 Å². The van der Waals surface area contributed by atoms with Crippen LogP contribution in [0.4, 0.5) is 10.1 Å². The molecule has 0 amide bonds. The molecule has 5 heteroatoms. The fourth-order valence-electron chi connectivity index (χ4n) is 1.27. The summed E-state index contributed by atoms with van der Waals surface area (Å²) in [5, 5.41) is 6.30. The highest BCUT2D eigenvalue weighted by atomic mass is 32.1. The van der Waals surface area contributed by atoms with Crippen LogP contribution in [0.15, 0.2) is 23.7 Å². The first kappa shape index (κ1) is 11.0. The van der Waals surface area contributed by atoms with Gasteiger partial charge in [-0.2, -0.15) is 4.39 Å². The Morgan fingerprint density at radius 3 is 2.94 bits per heavy atom. The predicted molar refractivity (Wildman–Crippen MR) is 63.0 cm³/mol. The summed E-state index contributed by atoms with van der Waals surface area (Å²) in [6.07, 6.45) is 2.44. The number of thiazole rings is 1. The fraction of sp³-hybridized carbons (Fsp3) is 0.273. The van der Waals surface area contributed by atoms with Crippen LogP contribution in [0.25, 0.3) is 0 Å². The third kappa shape index (κ3) is 2.76. The zero-order valence-corrected chi connectivity index (χ0v) is 9.72. The van der Waals surface area contributed by atoms with Crippen molar-refractivity contribution in [2.45, 2.75) is 19.9 Å². The fourth-order valence-corrected chi connectivity index (χ4v) is 2.01. The van der Waals surface area contributed by atoms with Gasteiger partial charge in [-0.1, -0.05) is 6.92 Å². The van der Waals surface area contributed by atoms with Crippen molar-refractivity contribution >= 4 is 17.0 Å². The zero-order valence-electron chi connectivity index (χ0n) is 8.90. The van der Waals surface area contributed by atoms with E-state index in [1.54, 1.807) is 17.4 Å². The van der Waals surface area contributed by atoms with Gasteiger partial charge in [-0.05, 0) is 18.6 Å². The van der Waals surface area contributed by atoms with Crippen LogP contribution in [0.5, 0.6) is 0 Å². The number of hydrogen-bond donors (Lipinski definition) is 1. The minimum atomic E-state index is -0.465. The zero-order chi connectivity index (χ0) is 11.4. The number of nitrogens with zero attached hydrogens (tertiary/aromatic N) is 2. The molecule has 0 bridgehead atoms. The standard InChI is InChI=1S/C11H12FN3S/c1-2-11-15-9(7-16-11)6-13-8-3-4-10(12)14-5-8/h3-5,7,13H,2,6H2,1H3. The molecular formula is C11H12FN3S. The molecule has 2 aromatic heterocycles. The maximum absolute atomic E-state index is 12.5. The Bertz CT molecular complexity index is 453. The number of aryl methyl sites for hydroxylation is 1. The van der Waals surface area contributed by atoms with Crippen LogP contribution in [0.2, 0.25) is 0 Å². The summed E-state index contributed by atoms with van der Waals surface area (Å²) in [7, 11) is 0. The molecule has 0 aliphatic rings. The Morgan fingerprint density at radius 2 is 2.31 bits per heavy atom. The van der Waals surface area contributed by atoms with Crippen molar-refractivity contribution in [3.05, 3.63) is 40.4 Å². The Balaban J connectivity index is 1.94. The highest BCUT2D eigenvalue weighted by Gasteiger charge is 2.00. The molecule has 2 rings (SSSR count). The van der Waals surface area contributed by atoms with Crippen LogP contribution in [0.3, 0.4) is 0 Å². The first-order chi connectivity index (χ1) is 7.78. The third-order valence-corrected chi connectivity index (χ3v) is 3.14. The minimum absolute atomic E-state index is 0.465. The van der Waals surface area contributed by atoms with Crippen molar-refractivity contribution in [2.24, 2.45) is 0 Å². The van der Waals surface area contributed by atoms with Gasteiger partial charge in [-0.3, -0.25) is 0 Å². The van der Waals surface area contributed by atoms with Crippen LogP contribution < -0.4 is 5.32 Å². The summed E-state index contributed by atoms with van der Waals surface area (Å²) in [4.78, 5) is 7.99. The van der Waals surface area contributed by atoms with E-state index in [0.717, 1.165) is 22.8 Å². The molecule has 0 aliphatic heterocycles. The summed E-state index contributed by atoms with van der Waals surface area (Å²) < 4.78 is 12.5. The van der Waals surface area contributed by atoms with Crippen LogP contribution in [0.1, 0.15) is 17.6 Å². The Labute approximate surface area is 97.4 Å². The Hall–Kier alpha value is -1.49. The molecule has 0 saturated carbocycles. The van der Waals surface area contributed by atoms with E-state index in [2.05, 4.69) is 22.2 Å². The van der Waals surface area contributed by atoms with Gasteiger partial charge in [0.2, 0.25) is 5.95 Å². The second-order valence-corrected chi connectivity index (χ2v) is 4.25. The molecule has 0 unspecified atom stereocenters. The summed E-state index contributed by atoms with van der Waals surface area (Å²) in [6, 6.07) is 3.00. The summed E-state index contributed by atoms with van der Waals surface area (Å²) in [6.45, 7) is 2.73. The van der Waals surface area contributed by atoms with Gasteiger partial charge in [0.1, 0.15) is 0 Å². The lowest BCUT2D eigenvalue weighted by Gasteiger charge is -2.02. The predicted octanol–water partition coefficient (Wildman–Crippen LogP) is 2.85. The number of anilines is 1. The van der Waals surface area contributed by atoms with E-state index in [-0.39, 0.29) is 0 Å². The molecule has 3 nitrogen and oxygen atoms in total. The number of nitrogens with one attached hydrogen (secondary N) is 1. The summed E-state index contributed by atoms with van der Waals surface area (Å²) in [5.41, 5.74) is 1.80. The van der Waals surface area contributed by atoms with Gasteiger partial charge in [0.15, 0.2) is 0 Å². The molecule has 0 radical (unpaired) electrons. The lowest BCUT2D eigenvalue weighted by Crippen LogP contribution is -2.00. The maximum Gasteiger partial charge on any atom is 0.212 e. The van der Waals surface area contributed by atoms with Crippen LogP contribution >= 0.6 is 11.3 Å². The number of halogens is 1. The molecule has 0 aromatic carbocycles. The average Bonchev–Trinajstić information content (AvgIpc) is 2.76. The van der Waals surface area contributed by atoms with E-state index in [1.807, 2.05) is 5.38 Å². The second kappa shape index (κ2) is 5.03. The average molecular weight is 237 g/mol.